The quantitative estimate of drug-likeness (QED) is 0.575. The van der Waals surface area contributed by atoms with E-state index in [9.17, 15) is 4.79 Å². The highest BCUT2D eigenvalue weighted by atomic mass is 32.1. The van der Waals surface area contributed by atoms with Gasteiger partial charge < -0.3 is 14.3 Å². The van der Waals surface area contributed by atoms with Crippen LogP contribution in [-0.4, -0.2) is 77.7 Å². The Morgan fingerprint density at radius 3 is 2.70 bits per heavy atom. The molecule has 3 aromatic rings. The number of aryl methyl sites for hydroxylation is 1. The van der Waals surface area contributed by atoms with E-state index < -0.39 is 0 Å². The van der Waals surface area contributed by atoms with Gasteiger partial charge in [0.2, 0.25) is 11.7 Å². The van der Waals surface area contributed by atoms with Crippen molar-refractivity contribution in [3.63, 3.8) is 0 Å². The number of carbonyl (C=O) groups excluding carboxylic acids is 1. The zero-order chi connectivity index (χ0) is 20.9. The summed E-state index contributed by atoms with van der Waals surface area (Å²) in [5.41, 5.74) is 0.645. The van der Waals surface area contributed by atoms with Crippen molar-refractivity contribution >= 4 is 23.1 Å². The monoisotopic (exact) mass is 426 g/mol. The van der Waals surface area contributed by atoms with Crippen molar-refractivity contribution in [1.82, 2.24) is 24.9 Å². The minimum absolute atomic E-state index is 0.0550. The van der Waals surface area contributed by atoms with Crippen LogP contribution in [0.4, 0.5) is 5.82 Å². The Bertz CT molecular complexity index is 946. The van der Waals surface area contributed by atoms with Gasteiger partial charge in [0.25, 0.3) is 5.91 Å². The Morgan fingerprint density at radius 2 is 2.03 bits per heavy atom. The van der Waals surface area contributed by atoms with Crippen LogP contribution in [0, 0.1) is 0 Å². The van der Waals surface area contributed by atoms with Gasteiger partial charge in [0.15, 0.2) is 0 Å². The molecule has 8 nitrogen and oxygen atoms in total. The van der Waals surface area contributed by atoms with Crippen LogP contribution < -0.4 is 4.90 Å². The largest absolute Gasteiger partial charge is 0.363 e. The fourth-order valence-corrected chi connectivity index (χ4v) is 4.10. The van der Waals surface area contributed by atoms with Crippen LogP contribution in [-0.2, 0) is 6.42 Å². The highest BCUT2D eigenvalue weighted by molar-refractivity contribution is 7.13. The zero-order valence-electron chi connectivity index (χ0n) is 17.3. The first-order valence-corrected chi connectivity index (χ1v) is 11.0. The van der Waals surface area contributed by atoms with E-state index in [1.165, 1.54) is 0 Å². The van der Waals surface area contributed by atoms with Crippen molar-refractivity contribution in [3.8, 4) is 10.7 Å². The normalized spacial score (nSPS) is 14.8. The second-order valence-electron chi connectivity index (χ2n) is 7.53. The van der Waals surface area contributed by atoms with Crippen molar-refractivity contribution in [2.24, 2.45) is 0 Å². The summed E-state index contributed by atoms with van der Waals surface area (Å²) in [6.07, 6.45) is 3.39. The van der Waals surface area contributed by atoms with Gasteiger partial charge in [-0.25, -0.2) is 4.98 Å². The third-order valence-corrected chi connectivity index (χ3v) is 6.05. The number of amides is 1. The maximum Gasteiger partial charge on any atom is 0.255 e. The Kier molecular flexibility index (Phi) is 6.39. The second kappa shape index (κ2) is 9.36. The van der Waals surface area contributed by atoms with Crippen molar-refractivity contribution in [1.29, 1.82) is 0 Å². The second-order valence-corrected chi connectivity index (χ2v) is 8.47. The fraction of sp³-hybridized carbons (Fsp3) is 0.429. The first-order valence-electron chi connectivity index (χ1n) is 10.1. The van der Waals surface area contributed by atoms with Crippen LogP contribution in [0.15, 0.2) is 40.4 Å². The van der Waals surface area contributed by atoms with Crippen LogP contribution in [0.2, 0.25) is 0 Å². The van der Waals surface area contributed by atoms with E-state index in [-0.39, 0.29) is 5.91 Å². The molecule has 0 bridgehead atoms. The summed E-state index contributed by atoms with van der Waals surface area (Å²) in [7, 11) is 3.87. The number of aromatic nitrogens is 3. The van der Waals surface area contributed by atoms with E-state index >= 15 is 0 Å². The molecule has 158 valence electrons. The summed E-state index contributed by atoms with van der Waals surface area (Å²) < 4.78 is 5.36. The number of carbonyl (C=O) groups is 1. The van der Waals surface area contributed by atoms with Gasteiger partial charge in [-0.05, 0) is 36.5 Å². The number of pyridine rings is 1. The molecule has 1 fully saturated rings. The molecule has 0 atom stereocenters. The summed E-state index contributed by atoms with van der Waals surface area (Å²) in [6, 6.07) is 7.71. The molecule has 0 N–H and O–H groups in total. The van der Waals surface area contributed by atoms with E-state index in [1.54, 1.807) is 17.5 Å². The molecule has 3 aromatic heterocycles. The highest BCUT2D eigenvalue weighted by Gasteiger charge is 2.22. The van der Waals surface area contributed by atoms with Gasteiger partial charge in [-0.2, -0.15) is 4.98 Å². The number of anilines is 1. The van der Waals surface area contributed by atoms with Gasteiger partial charge >= 0.3 is 0 Å². The molecular formula is C21H26N6O2S. The SMILES string of the molecule is CN(C)c1ccc(C(=O)N2CCN(CCCc3nc(-c4cccs4)no3)CC2)cn1. The van der Waals surface area contributed by atoms with Gasteiger partial charge in [0.05, 0.1) is 10.4 Å². The molecule has 4 heterocycles. The van der Waals surface area contributed by atoms with Gasteiger partial charge in [0.1, 0.15) is 5.82 Å². The van der Waals surface area contributed by atoms with Crippen LogP contribution in [0.1, 0.15) is 22.7 Å². The van der Waals surface area contributed by atoms with Gasteiger partial charge in [0, 0.05) is 52.9 Å². The van der Waals surface area contributed by atoms with E-state index in [4.69, 9.17) is 4.52 Å². The van der Waals surface area contributed by atoms with Crippen molar-refractivity contribution in [3.05, 3.63) is 47.3 Å². The molecule has 0 saturated carbocycles. The van der Waals surface area contributed by atoms with Crippen LogP contribution in [0.5, 0.6) is 0 Å². The lowest BCUT2D eigenvalue weighted by Gasteiger charge is -2.34. The number of rotatable bonds is 7. The maximum absolute atomic E-state index is 12.7. The Hall–Kier alpha value is -2.78. The topological polar surface area (TPSA) is 78.6 Å². The highest BCUT2D eigenvalue weighted by Crippen LogP contribution is 2.21. The predicted octanol–water partition coefficient (Wildman–Crippen LogP) is 2.65. The lowest BCUT2D eigenvalue weighted by molar-refractivity contribution is 0.0635. The molecule has 1 aliphatic heterocycles. The predicted molar refractivity (Wildman–Crippen MR) is 117 cm³/mol. The van der Waals surface area contributed by atoms with Gasteiger partial charge in [-0.1, -0.05) is 11.2 Å². The zero-order valence-corrected chi connectivity index (χ0v) is 18.1. The van der Waals surface area contributed by atoms with Crippen molar-refractivity contribution in [2.45, 2.75) is 12.8 Å². The first-order chi connectivity index (χ1) is 14.6. The molecule has 30 heavy (non-hydrogen) atoms. The number of nitrogens with zero attached hydrogens (tertiary/aromatic N) is 6. The minimum Gasteiger partial charge on any atom is -0.363 e. The molecule has 0 radical (unpaired) electrons. The number of hydrogen-bond donors (Lipinski definition) is 0. The first kappa shape index (κ1) is 20.5. The van der Waals surface area contributed by atoms with E-state index in [1.807, 2.05) is 53.5 Å². The summed E-state index contributed by atoms with van der Waals surface area (Å²) in [5, 5.41) is 6.06. The Balaban J connectivity index is 1.20. The lowest BCUT2D eigenvalue weighted by atomic mass is 10.2. The maximum atomic E-state index is 12.7. The van der Waals surface area contributed by atoms with Crippen molar-refractivity contribution in [2.75, 3.05) is 51.7 Å². The summed E-state index contributed by atoms with van der Waals surface area (Å²) in [5.74, 6) is 2.25. The number of thiophene rings is 1. The van der Waals surface area contributed by atoms with E-state index in [2.05, 4.69) is 20.0 Å². The smallest absolute Gasteiger partial charge is 0.255 e. The fourth-order valence-electron chi connectivity index (χ4n) is 3.45. The minimum atomic E-state index is 0.0550. The lowest BCUT2D eigenvalue weighted by Crippen LogP contribution is -2.48. The van der Waals surface area contributed by atoms with Crippen LogP contribution in [0.25, 0.3) is 10.7 Å². The summed E-state index contributed by atoms with van der Waals surface area (Å²) in [4.78, 5) is 28.8. The van der Waals surface area contributed by atoms with E-state index in [0.29, 0.717) is 17.3 Å². The Labute approximate surface area is 180 Å². The summed E-state index contributed by atoms with van der Waals surface area (Å²) >= 11 is 1.61. The summed E-state index contributed by atoms with van der Waals surface area (Å²) in [6.45, 7) is 4.17. The molecule has 1 aliphatic rings. The molecule has 0 unspecified atom stereocenters. The third-order valence-electron chi connectivity index (χ3n) is 5.19. The average Bonchev–Trinajstić information content (AvgIpc) is 3.46. The molecular weight excluding hydrogens is 400 g/mol. The van der Waals surface area contributed by atoms with E-state index in [0.717, 1.165) is 56.3 Å². The molecule has 4 rings (SSSR count). The molecule has 9 heteroatoms. The molecule has 1 saturated heterocycles. The molecule has 0 aliphatic carbocycles. The molecule has 0 spiro atoms. The number of piperazine rings is 1. The van der Waals surface area contributed by atoms with Crippen LogP contribution >= 0.6 is 11.3 Å². The standard InChI is InChI=1S/C21H26N6O2S/c1-25(2)18-8-7-16(15-22-18)21(28)27-12-10-26(11-13-27)9-3-6-19-23-20(24-29-19)17-5-4-14-30-17/h4-5,7-8,14-15H,3,6,9-13H2,1-2H3. The average molecular weight is 427 g/mol. The third kappa shape index (κ3) is 4.85. The Morgan fingerprint density at radius 1 is 1.20 bits per heavy atom. The molecule has 1 amide bonds. The van der Waals surface area contributed by atoms with Crippen LogP contribution in [0.3, 0.4) is 0 Å². The van der Waals surface area contributed by atoms with Gasteiger partial charge in [-0.15, -0.1) is 11.3 Å². The molecule has 0 aromatic carbocycles. The van der Waals surface area contributed by atoms with Crippen molar-refractivity contribution < 1.29 is 9.32 Å². The number of hydrogen-bond acceptors (Lipinski definition) is 8. The van der Waals surface area contributed by atoms with Gasteiger partial charge in [-0.3, -0.25) is 9.69 Å².